The SMILES string of the molecule is COc1ccc(N)c(N(C)C(C)C(C)C)n1. The molecule has 1 aromatic rings. The van der Waals surface area contributed by atoms with E-state index in [0.717, 1.165) is 5.82 Å². The van der Waals surface area contributed by atoms with E-state index >= 15 is 0 Å². The molecule has 1 unspecified atom stereocenters. The standard InChI is InChI=1S/C12H21N3O/c1-8(2)9(3)15(4)12-10(13)6-7-11(14-12)16-5/h6-9H,13H2,1-5H3. The second-order valence-electron chi connectivity index (χ2n) is 4.36. The summed E-state index contributed by atoms with van der Waals surface area (Å²) in [5.41, 5.74) is 6.60. The van der Waals surface area contributed by atoms with Crippen molar-refractivity contribution in [3.05, 3.63) is 12.1 Å². The number of hydrogen-bond acceptors (Lipinski definition) is 4. The van der Waals surface area contributed by atoms with Crippen LogP contribution in [0.3, 0.4) is 0 Å². The molecule has 4 nitrogen and oxygen atoms in total. The summed E-state index contributed by atoms with van der Waals surface area (Å²) in [5.74, 6) is 1.91. The highest BCUT2D eigenvalue weighted by atomic mass is 16.5. The Morgan fingerprint density at radius 3 is 2.44 bits per heavy atom. The van der Waals surface area contributed by atoms with Gasteiger partial charge in [-0.1, -0.05) is 13.8 Å². The van der Waals surface area contributed by atoms with Gasteiger partial charge in [-0.05, 0) is 18.9 Å². The first-order chi connectivity index (χ1) is 7.47. The van der Waals surface area contributed by atoms with E-state index in [1.54, 1.807) is 13.2 Å². The van der Waals surface area contributed by atoms with Crippen LogP contribution in [-0.4, -0.2) is 25.2 Å². The van der Waals surface area contributed by atoms with Crippen LogP contribution in [0.4, 0.5) is 11.5 Å². The number of aromatic nitrogens is 1. The third-order valence-corrected chi connectivity index (χ3v) is 3.00. The van der Waals surface area contributed by atoms with Gasteiger partial charge in [-0.2, -0.15) is 4.98 Å². The van der Waals surface area contributed by atoms with Crippen LogP contribution < -0.4 is 15.4 Å². The summed E-state index contributed by atoms with van der Waals surface area (Å²) >= 11 is 0. The minimum Gasteiger partial charge on any atom is -0.481 e. The molecule has 16 heavy (non-hydrogen) atoms. The van der Waals surface area contributed by atoms with Crippen LogP contribution in [0.2, 0.25) is 0 Å². The Bertz CT molecular complexity index is 352. The van der Waals surface area contributed by atoms with Crippen molar-refractivity contribution >= 4 is 11.5 Å². The molecule has 4 heteroatoms. The van der Waals surface area contributed by atoms with E-state index in [0.29, 0.717) is 23.5 Å². The van der Waals surface area contributed by atoms with Gasteiger partial charge in [0.15, 0.2) is 5.82 Å². The Balaban J connectivity index is 3.02. The zero-order valence-electron chi connectivity index (χ0n) is 10.7. The van der Waals surface area contributed by atoms with Crippen LogP contribution in [0.5, 0.6) is 5.88 Å². The molecule has 0 radical (unpaired) electrons. The molecule has 0 amide bonds. The van der Waals surface area contributed by atoms with Crippen molar-refractivity contribution in [1.29, 1.82) is 0 Å². The number of nitrogens with two attached hydrogens (primary N) is 1. The van der Waals surface area contributed by atoms with Gasteiger partial charge in [-0.25, -0.2) is 0 Å². The van der Waals surface area contributed by atoms with Gasteiger partial charge in [0.2, 0.25) is 5.88 Å². The number of hydrogen-bond donors (Lipinski definition) is 1. The molecule has 0 saturated carbocycles. The maximum absolute atomic E-state index is 5.92. The van der Waals surface area contributed by atoms with Crippen LogP contribution >= 0.6 is 0 Å². The second-order valence-corrected chi connectivity index (χ2v) is 4.36. The van der Waals surface area contributed by atoms with Crippen LogP contribution in [0.1, 0.15) is 20.8 Å². The molecule has 0 aliphatic heterocycles. The fourth-order valence-corrected chi connectivity index (χ4v) is 1.48. The average Bonchev–Trinajstić information content (AvgIpc) is 2.27. The molecule has 1 rings (SSSR count). The molecule has 1 heterocycles. The number of rotatable bonds is 4. The normalized spacial score (nSPS) is 12.6. The predicted octanol–water partition coefficient (Wildman–Crippen LogP) is 2.15. The zero-order valence-corrected chi connectivity index (χ0v) is 10.7. The van der Waals surface area contributed by atoms with Gasteiger partial charge in [0.1, 0.15) is 0 Å². The fourth-order valence-electron chi connectivity index (χ4n) is 1.48. The second kappa shape index (κ2) is 5.05. The molecule has 0 aliphatic rings. The highest BCUT2D eigenvalue weighted by molar-refractivity contribution is 5.63. The summed E-state index contributed by atoms with van der Waals surface area (Å²) in [7, 11) is 3.61. The van der Waals surface area contributed by atoms with Crippen LogP contribution in [-0.2, 0) is 0 Å². The molecule has 90 valence electrons. The van der Waals surface area contributed by atoms with Crippen LogP contribution in [0, 0.1) is 5.92 Å². The average molecular weight is 223 g/mol. The number of methoxy groups -OCH3 is 1. The van der Waals surface area contributed by atoms with Crippen LogP contribution in [0.15, 0.2) is 12.1 Å². The summed E-state index contributed by atoms with van der Waals surface area (Å²) in [6.07, 6.45) is 0. The lowest BCUT2D eigenvalue weighted by Gasteiger charge is -2.29. The number of nitrogen functional groups attached to an aromatic ring is 1. The van der Waals surface area contributed by atoms with E-state index in [9.17, 15) is 0 Å². The Labute approximate surface area is 97.4 Å². The molecular formula is C12H21N3O. The highest BCUT2D eigenvalue weighted by Gasteiger charge is 2.17. The molecule has 0 aliphatic carbocycles. The molecule has 0 fully saturated rings. The van der Waals surface area contributed by atoms with Crippen molar-refractivity contribution in [2.45, 2.75) is 26.8 Å². The van der Waals surface area contributed by atoms with Gasteiger partial charge in [0.25, 0.3) is 0 Å². The molecule has 0 spiro atoms. The molecule has 2 N–H and O–H groups in total. The minimum absolute atomic E-state index is 0.377. The number of anilines is 2. The third-order valence-electron chi connectivity index (χ3n) is 3.00. The van der Waals surface area contributed by atoms with E-state index in [4.69, 9.17) is 10.5 Å². The Morgan fingerprint density at radius 1 is 1.31 bits per heavy atom. The van der Waals surface area contributed by atoms with Gasteiger partial charge in [-0.3, -0.25) is 0 Å². The van der Waals surface area contributed by atoms with Gasteiger partial charge in [0, 0.05) is 19.2 Å². The van der Waals surface area contributed by atoms with Gasteiger partial charge in [0.05, 0.1) is 12.8 Å². The fraction of sp³-hybridized carbons (Fsp3) is 0.583. The zero-order chi connectivity index (χ0) is 12.3. The van der Waals surface area contributed by atoms with Gasteiger partial charge < -0.3 is 15.4 Å². The lowest BCUT2D eigenvalue weighted by Crippen LogP contribution is -2.34. The summed E-state index contributed by atoms with van der Waals surface area (Å²) in [6.45, 7) is 6.51. The van der Waals surface area contributed by atoms with Crippen molar-refractivity contribution in [3.8, 4) is 5.88 Å². The Morgan fingerprint density at radius 2 is 1.94 bits per heavy atom. The lowest BCUT2D eigenvalue weighted by molar-refractivity contribution is 0.397. The summed E-state index contributed by atoms with van der Waals surface area (Å²) in [6, 6.07) is 3.97. The topological polar surface area (TPSA) is 51.4 Å². The first-order valence-electron chi connectivity index (χ1n) is 5.50. The predicted molar refractivity (Wildman–Crippen MR) is 67.9 cm³/mol. The van der Waals surface area contributed by atoms with Gasteiger partial charge in [-0.15, -0.1) is 0 Å². The van der Waals surface area contributed by atoms with E-state index < -0.39 is 0 Å². The first-order valence-corrected chi connectivity index (χ1v) is 5.50. The summed E-state index contributed by atoms with van der Waals surface area (Å²) < 4.78 is 5.11. The summed E-state index contributed by atoms with van der Waals surface area (Å²) in [5, 5.41) is 0. The molecular weight excluding hydrogens is 202 g/mol. The quantitative estimate of drug-likeness (QED) is 0.849. The molecule has 0 aromatic carbocycles. The van der Waals surface area contributed by atoms with Gasteiger partial charge >= 0.3 is 0 Å². The van der Waals surface area contributed by atoms with Crippen molar-refractivity contribution in [1.82, 2.24) is 4.98 Å². The summed E-state index contributed by atoms with van der Waals surface area (Å²) in [4.78, 5) is 6.46. The van der Waals surface area contributed by atoms with Crippen molar-refractivity contribution < 1.29 is 4.74 Å². The monoisotopic (exact) mass is 223 g/mol. The maximum Gasteiger partial charge on any atom is 0.215 e. The lowest BCUT2D eigenvalue weighted by atomic mass is 10.1. The third kappa shape index (κ3) is 2.56. The van der Waals surface area contributed by atoms with Crippen LogP contribution in [0.25, 0.3) is 0 Å². The molecule has 1 aromatic heterocycles. The first kappa shape index (κ1) is 12.6. The molecule has 0 bridgehead atoms. The van der Waals surface area contributed by atoms with Crippen molar-refractivity contribution in [2.75, 3.05) is 24.8 Å². The van der Waals surface area contributed by atoms with E-state index in [1.165, 1.54) is 0 Å². The molecule has 0 saturated heterocycles. The minimum atomic E-state index is 0.377. The van der Waals surface area contributed by atoms with Crippen molar-refractivity contribution in [3.63, 3.8) is 0 Å². The largest absolute Gasteiger partial charge is 0.481 e. The Hall–Kier alpha value is -1.45. The molecule has 1 atom stereocenters. The van der Waals surface area contributed by atoms with E-state index in [2.05, 4.69) is 30.7 Å². The van der Waals surface area contributed by atoms with Crippen molar-refractivity contribution in [2.24, 2.45) is 5.92 Å². The maximum atomic E-state index is 5.92. The highest BCUT2D eigenvalue weighted by Crippen LogP contribution is 2.25. The van der Waals surface area contributed by atoms with E-state index in [1.807, 2.05) is 13.1 Å². The number of pyridine rings is 1. The van der Waals surface area contributed by atoms with E-state index in [-0.39, 0.29) is 0 Å². The number of ether oxygens (including phenoxy) is 1. The number of nitrogens with zero attached hydrogens (tertiary/aromatic N) is 2. The Kier molecular flexibility index (Phi) is 3.99. The smallest absolute Gasteiger partial charge is 0.215 e.